The van der Waals surface area contributed by atoms with Crippen molar-refractivity contribution in [2.45, 2.75) is 44.6 Å². The average molecular weight is 267 g/mol. The molecule has 4 heteroatoms. The highest BCUT2D eigenvalue weighted by atomic mass is 32.2. The van der Waals surface area contributed by atoms with Gasteiger partial charge in [-0.3, -0.25) is 0 Å². The second-order valence-electron chi connectivity index (χ2n) is 4.45. The van der Waals surface area contributed by atoms with Crippen LogP contribution in [0.5, 0.6) is 0 Å². The number of aryl methyl sites for hydroxylation is 1. The highest BCUT2D eigenvalue weighted by molar-refractivity contribution is 7.89. The zero-order valence-corrected chi connectivity index (χ0v) is 12.0. The fourth-order valence-electron chi connectivity index (χ4n) is 1.57. The highest BCUT2D eigenvalue weighted by Gasteiger charge is 2.16. The third kappa shape index (κ3) is 4.63. The summed E-state index contributed by atoms with van der Waals surface area (Å²) in [5.41, 5.74) is 1.05. The Balaban J connectivity index is 2.70. The molecule has 0 aromatic heterocycles. The molecule has 1 aromatic rings. The van der Waals surface area contributed by atoms with Gasteiger partial charge in [0, 0.05) is 6.04 Å². The smallest absolute Gasteiger partial charge is 0.208 e. The van der Waals surface area contributed by atoms with Gasteiger partial charge in [-0.25, -0.2) is 13.1 Å². The fourth-order valence-corrected chi connectivity index (χ4v) is 2.82. The van der Waals surface area contributed by atoms with Gasteiger partial charge in [0.1, 0.15) is 0 Å². The molecular formula is C14H21NO2S. The molecule has 1 atom stereocenters. The van der Waals surface area contributed by atoms with Crippen LogP contribution >= 0.6 is 0 Å². The van der Waals surface area contributed by atoms with E-state index in [1.807, 2.05) is 26.0 Å². The van der Waals surface area contributed by atoms with Crippen LogP contribution in [0.25, 0.3) is 0 Å². The van der Waals surface area contributed by atoms with E-state index in [-0.39, 0.29) is 6.04 Å². The van der Waals surface area contributed by atoms with Gasteiger partial charge in [0.2, 0.25) is 10.0 Å². The van der Waals surface area contributed by atoms with Gasteiger partial charge in [-0.05, 0) is 38.8 Å². The highest BCUT2D eigenvalue weighted by Crippen LogP contribution is 2.11. The maximum Gasteiger partial charge on any atom is 0.240 e. The summed E-state index contributed by atoms with van der Waals surface area (Å²) in [5.74, 6) is 0. The molecule has 0 saturated heterocycles. The molecule has 0 spiro atoms. The molecule has 1 N–H and O–H groups in total. The Kier molecular flexibility index (Phi) is 5.56. The van der Waals surface area contributed by atoms with Crippen molar-refractivity contribution >= 4 is 10.0 Å². The van der Waals surface area contributed by atoms with Crippen LogP contribution in [-0.4, -0.2) is 14.5 Å². The summed E-state index contributed by atoms with van der Waals surface area (Å²) < 4.78 is 26.8. The summed E-state index contributed by atoms with van der Waals surface area (Å²) in [7, 11) is -3.40. The van der Waals surface area contributed by atoms with Gasteiger partial charge in [-0.2, -0.15) is 0 Å². The number of hydrogen-bond acceptors (Lipinski definition) is 2. The Morgan fingerprint density at radius 1 is 1.22 bits per heavy atom. The summed E-state index contributed by atoms with van der Waals surface area (Å²) in [4.78, 5) is 0.319. The molecule has 18 heavy (non-hydrogen) atoms. The van der Waals surface area contributed by atoms with Gasteiger partial charge < -0.3 is 0 Å². The van der Waals surface area contributed by atoms with E-state index in [1.54, 1.807) is 24.3 Å². The Bertz CT molecular complexity index is 489. The lowest BCUT2D eigenvalue weighted by Crippen LogP contribution is -2.32. The summed E-state index contributed by atoms with van der Waals surface area (Å²) >= 11 is 0. The van der Waals surface area contributed by atoms with Crippen molar-refractivity contribution < 1.29 is 8.42 Å². The maximum atomic E-state index is 12.1. The minimum Gasteiger partial charge on any atom is -0.208 e. The van der Waals surface area contributed by atoms with Gasteiger partial charge in [-0.15, -0.1) is 0 Å². The second kappa shape index (κ2) is 6.71. The van der Waals surface area contributed by atoms with Crippen LogP contribution in [-0.2, 0) is 10.0 Å². The van der Waals surface area contributed by atoms with Crippen LogP contribution in [0.4, 0.5) is 0 Å². The minimum absolute atomic E-state index is 0.0981. The van der Waals surface area contributed by atoms with Crippen molar-refractivity contribution in [3.05, 3.63) is 42.0 Å². The van der Waals surface area contributed by atoms with E-state index in [1.165, 1.54) is 0 Å². The molecule has 3 nitrogen and oxygen atoms in total. The van der Waals surface area contributed by atoms with Crippen molar-refractivity contribution in [1.82, 2.24) is 4.72 Å². The third-order valence-corrected chi connectivity index (χ3v) is 4.19. The van der Waals surface area contributed by atoms with E-state index < -0.39 is 10.0 Å². The van der Waals surface area contributed by atoms with Crippen molar-refractivity contribution in [2.75, 3.05) is 0 Å². The number of sulfonamides is 1. The standard InChI is InChI=1S/C14H21NO2S/c1-4-5-6-7-13(3)15-18(16,17)14-10-8-12(2)9-11-14/h5-6,8-11,13,15H,4,7H2,1-3H3/b6-5+/t13-/m0/s1. The van der Waals surface area contributed by atoms with Crippen LogP contribution in [0, 0.1) is 6.92 Å². The lowest BCUT2D eigenvalue weighted by Gasteiger charge is -2.12. The molecule has 0 unspecified atom stereocenters. The normalized spacial score (nSPS) is 13.9. The topological polar surface area (TPSA) is 46.2 Å². The monoisotopic (exact) mass is 267 g/mol. The molecule has 0 heterocycles. The first-order chi connectivity index (χ1) is 8.45. The quantitative estimate of drug-likeness (QED) is 0.805. The summed E-state index contributed by atoms with van der Waals surface area (Å²) in [6.45, 7) is 5.85. The van der Waals surface area contributed by atoms with Crippen LogP contribution in [0.1, 0.15) is 32.3 Å². The predicted octanol–water partition coefficient (Wildman–Crippen LogP) is 3.02. The second-order valence-corrected chi connectivity index (χ2v) is 6.16. The van der Waals surface area contributed by atoms with Gasteiger partial charge in [-0.1, -0.05) is 36.8 Å². The summed E-state index contributed by atoms with van der Waals surface area (Å²) in [6.07, 6.45) is 5.72. The van der Waals surface area contributed by atoms with E-state index >= 15 is 0 Å². The van der Waals surface area contributed by atoms with E-state index in [2.05, 4.69) is 11.6 Å². The number of rotatable bonds is 6. The Morgan fingerprint density at radius 2 is 1.83 bits per heavy atom. The lowest BCUT2D eigenvalue weighted by molar-refractivity contribution is 0.562. The Labute approximate surface area is 110 Å². The number of hydrogen-bond donors (Lipinski definition) is 1. The van der Waals surface area contributed by atoms with Crippen molar-refractivity contribution in [3.63, 3.8) is 0 Å². The van der Waals surface area contributed by atoms with Gasteiger partial charge in [0.15, 0.2) is 0 Å². The molecule has 0 amide bonds. The molecule has 0 bridgehead atoms. The summed E-state index contributed by atoms with van der Waals surface area (Å²) in [6, 6.07) is 6.77. The Morgan fingerprint density at radius 3 is 2.39 bits per heavy atom. The van der Waals surface area contributed by atoms with Crippen LogP contribution in [0.3, 0.4) is 0 Å². The van der Waals surface area contributed by atoms with Gasteiger partial charge in [0.05, 0.1) is 4.90 Å². The molecule has 0 fully saturated rings. The zero-order chi connectivity index (χ0) is 13.6. The number of nitrogens with one attached hydrogen (secondary N) is 1. The molecule has 1 aromatic carbocycles. The first kappa shape index (κ1) is 14.9. The largest absolute Gasteiger partial charge is 0.240 e. The maximum absolute atomic E-state index is 12.1. The van der Waals surface area contributed by atoms with E-state index in [0.29, 0.717) is 11.3 Å². The van der Waals surface area contributed by atoms with Crippen LogP contribution < -0.4 is 4.72 Å². The molecule has 100 valence electrons. The Hall–Kier alpha value is -1.13. The first-order valence-corrected chi connectivity index (χ1v) is 7.68. The van der Waals surface area contributed by atoms with Gasteiger partial charge >= 0.3 is 0 Å². The van der Waals surface area contributed by atoms with Crippen molar-refractivity contribution in [2.24, 2.45) is 0 Å². The molecule has 0 aliphatic carbocycles. The molecule has 0 aliphatic heterocycles. The molecule has 0 aliphatic rings. The van der Waals surface area contributed by atoms with E-state index in [0.717, 1.165) is 12.0 Å². The number of benzene rings is 1. The first-order valence-electron chi connectivity index (χ1n) is 6.19. The third-order valence-electron chi connectivity index (χ3n) is 2.58. The molecule has 1 rings (SSSR count). The van der Waals surface area contributed by atoms with Crippen molar-refractivity contribution in [3.8, 4) is 0 Å². The van der Waals surface area contributed by atoms with E-state index in [4.69, 9.17) is 0 Å². The minimum atomic E-state index is -3.40. The molecule has 0 radical (unpaired) electrons. The van der Waals surface area contributed by atoms with Crippen molar-refractivity contribution in [1.29, 1.82) is 0 Å². The van der Waals surface area contributed by atoms with Gasteiger partial charge in [0.25, 0.3) is 0 Å². The molecule has 0 saturated carbocycles. The van der Waals surface area contributed by atoms with Crippen LogP contribution in [0.15, 0.2) is 41.3 Å². The zero-order valence-electron chi connectivity index (χ0n) is 11.2. The average Bonchev–Trinajstić information content (AvgIpc) is 2.29. The predicted molar refractivity (Wildman–Crippen MR) is 75.0 cm³/mol. The van der Waals surface area contributed by atoms with E-state index in [9.17, 15) is 8.42 Å². The SMILES string of the molecule is CC/C=C/C[C@H](C)NS(=O)(=O)c1ccc(C)cc1. The molecular weight excluding hydrogens is 246 g/mol. The van der Waals surface area contributed by atoms with Crippen LogP contribution in [0.2, 0.25) is 0 Å². The number of allylic oxidation sites excluding steroid dienone is 1. The summed E-state index contributed by atoms with van der Waals surface area (Å²) in [5, 5.41) is 0. The fraction of sp³-hybridized carbons (Fsp3) is 0.429. The lowest BCUT2D eigenvalue weighted by atomic mass is 10.2.